The Labute approximate surface area is 165 Å². The summed E-state index contributed by atoms with van der Waals surface area (Å²) >= 11 is 1.33. The number of hydrogen-bond donors (Lipinski definition) is 1. The number of aromatic amines is 1. The van der Waals surface area contributed by atoms with E-state index in [1.165, 1.54) is 23.4 Å². The standard InChI is InChI=1S/C20H17N5O2S/c1-2-13-3-5-15(6-4-13)19-24-18(27-25-19)12-28-20-22-16(11-17(26)23-20)14-7-9-21-10-8-14/h3-11H,2,12H2,1H3,(H,22,23,26). The lowest BCUT2D eigenvalue weighted by Gasteiger charge is -2.02. The molecule has 7 nitrogen and oxygen atoms in total. The molecule has 28 heavy (non-hydrogen) atoms. The van der Waals surface area contributed by atoms with Gasteiger partial charge in [-0.05, 0) is 24.1 Å². The van der Waals surface area contributed by atoms with E-state index in [4.69, 9.17) is 4.52 Å². The normalized spacial score (nSPS) is 10.9. The van der Waals surface area contributed by atoms with Gasteiger partial charge >= 0.3 is 0 Å². The Morgan fingerprint density at radius 2 is 1.82 bits per heavy atom. The van der Waals surface area contributed by atoms with E-state index in [2.05, 4.69) is 44.1 Å². The molecule has 0 bridgehead atoms. The number of benzene rings is 1. The van der Waals surface area contributed by atoms with Crippen molar-refractivity contribution in [1.29, 1.82) is 0 Å². The highest BCUT2D eigenvalue weighted by Crippen LogP contribution is 2.23. The molecule has 0 aliphatic rings. The number of thioether (sulfide) groups is 1. The van der Waals surface area contributed by atoms with Crippen LogP contribution in [0.2, 0.25) is 0 Å². The molecule has 8 heteroatoms. The zero-order valence-corrected chi connectivity index (χ0v) is 15.9. The molecule has 0 saturated carbocycles. The van der Waals surface area contributed by atoms with Crippen molar-refractivity contribution < 1.29 is 4.52 Å². The van der Waals surface area contributed by atoms with E-state index >= 15 is 0 Å². The molecule has 3 aromatic heterocycles. The lowest BCUT2D eigenvalue weighted by Crippen LogP contribution is -2.08. The minimum atomic E-state index is -0.216. The van der Waals surface area contributed by atoms with Gasteiger partial charge < -0.3 is 9.51 Å². The second kappa shape index (κ2) is 8.18. The first-order valence-corrected chi connectivity index (χ1v) is 9.76. The van der Waals surface area contributed by atoms with Gasteiger partial charge in [0.2, 0.25) is 11.7 Å². The summed E-state index contributed by atoms with van der Waals surface area (Å²) in [6.07, 6.45) is 4.31. The highest BCUT2D eigenvalue weighted by molar-refractivity contribution is 7.98. The second-order valence-electron chi connectivity index (χ2n) is 6.02. The van der Waals surface area contributed by atoms with Crippen molar-refractivity contribution in [3.05, 3.63) is 76.7 Å². The molecule has 0 unspecified atom stereocenters. The first kappa shape index (κ1) is 18.1. The maximum Gasteiger partial charge on any atom is 0.252 e. The van der Waals surface area contributed by atoms with Crippen LogP contribution in [0.3, 0.4) is 0 Å². The third kappa shape index (κ3) is 4.17. The maximum atomic E-state index is 12.0. The topological polar surface area (TPSA) is 97.6 Å². The lowest BCUT2D eigenvalue weighted by molar-refractivity contribution is 0.391. The SMILES string of the molecule is CCc1ccc(-c2noc(CSc3nc(-c4ccncc4)cc(=O)[nH]3)n2)cc1. The van der Waals surface area contributed by atoms with Gasteiger partial charge in [-0.25, -0.2) is 4.98 Å². The average Bonchev–Trinajstić information content (AvgIpc) is 3.22. The fourth-order valence-electron chi connectivity index (χ4n) is 2.62. The molecule has 0 fully saturated rings. The number of hydrogen-bond acceptors (Lipinski definition) is 7. The molecule has 0 amide bonds. The van der Waals surface area contributed by atoms with Crippen LogP contribution in [-0.4, -0.2) is 25.1 Å². The lowest BCUT2D eigenvalue weighted by atomic mass is 10.1. The Morgan fingerprint density at radius 3 is 2.57 bits per heavy atom. The van der Waals surface area contributed by atoms with Gasteiger partial charge in [-0.3, -0.25) is 9.78 Å². The summed E-state index contributed by atoms with van der Waals surface area (Å²) in [6, 6.07) is 13.2. The first-order chi connectivity index (χ1) is 13.7. The van der Waals surface area contributed by atoms with Gasteiger partial charge in [0.25, 0.3) is 5.56 Å². The van der Waals surface area contributed by atoms with Gasteiger partial charge in [0.1, 0.15) is 0 Å². The minimum Gasteiger partial charge on any atom is -0.338 e. The third-order valence-corrected chi connectivity index (χ3v) is 4.97. The predicted molar refractivity (Wildman–Crippen MR) is 107 cm³/mol. The van der Waals surface area contributed by atoms with Gasteiger partial charge in [-0.15, -0.1) is 0 Å². The van der Waals surface area contributed by atoms with E-state index in [1.807, 2.05) is 24.3 Å². The van der Waals surface area contributed by atoms with Crippen LogP contribution in [0.15, 0.2) is 69.3 Å². The summed E-state index contributed by atoms with van der Waals surface area (Å²) in [7, 11) is 0. The van der Waals surface area contributed by atoms with E-state index in [1.54, 1.807) is 12.4 Å². The molecule has 0 saturated heterocycles. The first-order valence-electron chi connectivity index (χ1n) is 8.78. The summed E-state index contributed by atoms with van der Waals surface area (Å²) in [4.78, 5) is 27.6. The molecule has 0 spiro atoms. The minimum absolute atomic E-state index is 0.216. The van der Waals surface area contributed by atoms with Crippen LogP contribution in [-0.2, 0) is 12.2 Å². The second-order valence-corrected chi connectivity index (χ2v) is 6.99. The Bertz CT molecular complexity index is 1120. The van der Waals surface area contributed by atoms with E-state index < -0.39 is 0 Å². The van der Waals surface area contributed by atoms with Crippen molar-refractivity contribution in [3.8, 4) is 22.6 Å². The van der Waals surface area contributed by atoms with Crippen LogP contribution >= 0.6 is 11.8 Å². The quantitative estimate of drug-likeness (QED) is 0.395. The molecule has 4 rings (SSSR count). The Hall–Kier alpha value is -3.26. The molecule has 1 aromatic carbocycles. The van der Waals surface area contributed by atoms with Gasteiger partial charge in [0.15, 0.2) is 5.16 Å². The Balaban J connectivity index is 1.48. The summed E-state index contributed by atoms with van der Waals surface area (Å²) in [5.74, 6) is 1.42. The molecule has 3 heterocycles. The van der Waals surface area contributed by atoms with E-state index in [9.17, 15) is 4.79 Å². The number of nitrogens with zero attached hydrogens (tertiary/aromatic N) is 4. The number of nitrogens with one attached hydrogen (secondary N) is 1. The van der Waals surface area contributed by atoms with Crippen LogP contribution in [0.1, 0.15) is 18.4 Å². The van der Waals surface area contributed by atoms with Crippen LogP contribution in [0, 0.1) is 0 Å². The van der Waals surface area contributed by atoms with Crippen molar-refractivity contribution in [2.45, 2.75) is 24.3 Å². The fourth-order valence-corrected chi connectivity index (χ4v) is 3.34. The number of pyridine rings is 1. The van der Waals surface area contributed by atoms with Crippen LogP contribution < -0.4 is 5.56 Å². The third-order valence-electron chi connectivity index (χ3n) is 4.12. The highest BCUT2D eigenvalue weighted by atomic mass is 32.2. The molecular weight excluding hydrogens is 374 g/mol. The smallest absolute Gasteiger partial charge is 0.252 e. The average molecular weight is 391 g/mol. The molecule has 1 N–H and O–H groups in total. The van der Waals surface area contributed by atoms with Crippen molar-refractivity contribution in [1.82, 2.24) is 25.1 Å². The van der Waals surface area contributed by atoms with E-state index in [0.717, 1.165) is 17.5 Å². The molecule has 140 valence electrons. The summed E-state index contributed by atoms with van der Waals surface area (Å²) in [5.41, 5.74) is 3.37. The van der Waals surface area contributed by atoms with Crippen LogP contribution in [0.4, 0.5) is 0 Å². The summed E-state index contributed by atoms with van der Waals surface area (Å²) < 4.78 is 5.33. The van der Waals surface area contributed by atoms with Crippen molar-refractivity contribution >= 4 is 11.8 Å². The highest BCUT2D eigenvalue weighted by Gasteiger charge is 2.11. The van der Waals surface area contributed by atoms with Gasteiger partial charge in [-0.1, -0.05) is 48.1 Å². The van der Waals surface area contributed by atoms with E-state index in [0.29, 0.717) is 28.3 Å². The number of rotatable bonds is 6. The van der Waals surface area contributed by atoms with Crippen molar-refractivity contribution in [3.63, 3.8) is 0 Å². The summed E-state index contributed by atoms with van der Waals surface area (Å²) in [6.45, 7) is 2.11. The zero-order chi connectivity index (χ0) is 19.3. The molecule has 4 aromatic rings. The molecule has 0 aliphatic carbocycles. The van der Waals surface area contributed by atoms with Crippen molar-refractivity contribution in [2.75, 3.05) is 0 Å². The van der Waals surface area contributed by atoms with Gasteiger partial charge in [0, 0.05) is 29.6 Å². The van der Waals surface area contributed by atoms with Gasteiger partial charge in [0.05, 0.1) is 11.4 Å². The number of H-pyrrole nitrogens is 1. The number of aromatic nitrogens is 5. The summed E-state index contributed by atoms with van der Waals surface area (Å²) in [5, 5.41) is 4.53. The predicted octanol–water partition coefficient (Wildman–Crippen LogP) is 3.74. The van der Waals surface area contributed by atoms with E-state index in [-0.39, 0.29) is 5.56 Å². The Kier molecular flexibility index (Phi) is 5.29. The van der Waals surface area contributed by atoms with Crippen LogP contribution in [0.5, 0.6) is 0 Å². The maximum absolute atomic E-state index is 12.0. The molecule has 0 aliphatic heterocycles. The zero-order valence-electron chi connectivity index (χ0n) is 15.1. The molecule has 0 radical (unpaired) electrons. The largest absolute Gasteiger partial charge is 0.338 e. The Morgan fingerprint density at radius 1 is 1.04 bits per heavy atom. The number of aryl methyl sites for hydroxylation is 1. The fraction of sp³-hybridized carbons (Fsp3) is 0.150. The monoisotopic (exact) mass is 391 g/mol. The van der Waals surface area contributed by atoms with Crippen molar-refractivity contribution in [2.24, 2.45) is 0 Å². The molecular formula is C20H17N5O2S. The van der Waals surface area contributed by atoms with Gasteiger partial charge in [-0.2, -0.15) is 4.98 Å². The molecule has 0 atom stereocenters. The van der Waals surface area contributed by atoms with Crippen LogP contribution in [0.25, 0.3) is 22.6 Å².